The Hall–Kier alpha value is -1.10. The molecule has 1 aromatic rings. The third-order valence-electron chi connectivity index (χ3n) is 2.78. The van der Waals surface area contributed by atoms with E-state index < -0.39 is 6.10 Å². The first-order chi connectivity index (χ1) is 8.63. The second-order valence-electron chi connectivity index (χ2n) is 4.41. The first-order valence-electron chi connectivity index (χ1n) is 6.21. The van der Waals surface area contributed by atoms with Gasteiger partial charge in [-0.2, -0.15) is 0 Å². The van der Waals surface area contributed by atoms with Crippen molar-refractivity contribution in [3.63, 3.8) is 0 Å². The first kappa shape index (κ1) is 15.0. The summed E-state index contributed by atoms with van der Waals surface area (Å²) in [5.74, 6) is 0.800. The van der Waals surface area contributed by atoms with Crippen LogP contribution in [0.3, 0.4) is 0 Å². The molecule has 0 aliphatic carbocycles. The summed E-state index contributed by atoms with van der Waals surface area (Å²) in [6.07, 6.45) is -0.511. The number of hydrogen-bond donors (Lipinski definition) is 2. The molecule has 0 saturated carbocycles. The molecule has 102 valence electrons. The summed E-state index contributed by atoms with van der Waals surface area (Å²) in [6, 6.07) is 5.93. The maximum Gasteiger partial charge on any atom is 0.119 e. The van der Waals surface area contributed by atoms with E-state index in [2.05, 4.69) is 12.2 Å². The summed E-state index contributed by atoms with van der Waals surface area (Å²) in [4.78, 5) is 0. The van der Waals surface area contributed by atoms with Gasteiger partial charge in [0.2, 0.25) is 0 Å². The summed E-state index contributed by atoms with van der Waals surface area (Å²) in [5.41, 5.74) is 2.43. The lowest BCUT2D eigenvalue weighted by atomic mass is 10.1. The number of hydrogen-bond acceptors (Lipinski definition) is 4. The van der Waals surface area contributed by atoms with Gasteiger partial charge >= 0.3 is 0 Å². The molecular formula is C14H23NO3. The molecule has 0 saturated heterocycles. The Morgan fingerprint density at radius 1 is 1.28 bits per heavy atom. The Kier molecular flexibility index (Phi) is 6.72. The number of methoxy groups -OCH3 is 1. The van der Waals surface area contributed by atoms with Gasteiger partial charge in [-0.05, 0) is 37.1 Å². The van der Waals surface area contributed by atoms with Crippen molar-refractivity contribution in [1.82, 2.24) is 5.32 Å². The Morgan fingerprint density at radius 2 is 2.06 bits per heavy atom. The molecule has 0 radical (unpaired) electrons. The van der Waals surface area contributed by atoms with Gasteiger partial charge in [-0.25, -0.2) is 0 Å². The Labute approximate surface area is 109 Å². The lowest BCUT2D eigenvalue weighted by molar-refractivity contribution is 0.103. The molecule has 0 aromatic heterocycles. The predicted octanol–water partition coefficient (Wildman–Crippen LogP) is 1.28. The van der Waals surface area contributed by atoms with E-state index in [-0.39, 0.29) is 0 Å². The smallest absolute Gasteiger partial charge is 0.119 e. The SMILES string of the molecule is COCCNCC(O)COc1ccc(C)c(C)c1. The fourth-order valence-electron chi connectivity index (χ4n) is 1.50. The van der Waals surface area contributed by atoms with Crippen LogP contribution in [-0.2, 0) is 4.74 Å². The van der Waals surface area contributed by atoms with E-state index in [1.807, 2.05) is 25.1 Å². The van der Waals surface area contributed by atoms with Crippen LogP contribution >= 0.6 is 0 Å². The van der Waals surface area contributed by atoms with Crippen molar-refractivity contribution in [2.45, 2.75) is 20.0 Å². The van der Waals surface area contributed by atoms with Crippen LogP contribution in [0.5, 0.6) is 5.75 Å². The van der Waals surface area contributed by atoms with Crippen LogP contribution in [0.4, 0.5) is 0 Å². The molecule has 18 heavy (non-hydrogen) atoms. The van der Waals surface area contributed by atoms with Crippen LogP contribution in [0, 0.1) is 13.8 Å². The Balaban J connectivity index is 2.24. The maximum atomic E-state index is 9.71. The molecule has 1 aromatic carbocycles. The van der Waals surface area contributed by atoms with E-state index in [9.17, 15) is 5.11 Å². The fourth-order valence-corrected chi connectivity index (χ4v) is 1.50. The molecular weight excluding hydrogens is 230 g/mol. The van der Waals surface area contributed by atoms with E-state index in [0.717, 1.165) is 12.3 Å². The van der Waals surface area contributed by atoms with Gasteiger partial charge in [-0.1, -0.05) is 6.07 Å². The summed E-state index contributed by atoms with van der Waals surface area (Å²) >= 11 is 0. The minimum absolute atomic E-state index is 0.294. The lowest BCUT2D eigenvalue weighted by Gasteiger charge is -2.14. The minimum Gasteiger partial charge on any atom is -0.491 e. The zero-order valence-corrected chi connectivity index (χ0v) is 11.4. The Morgan fingerprint density at radius 3 is 2.72 bits per heavy atom. The van der Waals surface area contributed by atoms with Gasteiger partial charge in [0.1, 0.15) is 18.5 Å². The van der Waals surface area contributed by atoms with Gasteiger partial charge < -0.3 is 19.9 Å². The molecule has 2 N–H and O–H groups in total. The number of rotatable bonds is 8. The average Bonchev–Trinajstić information content (AvgIpc) is 2.36. The molecule has 0 fully saturated rings. The molecule has 0 bridgehead atoms. The van der Waals surface area contributed by atoms with E-state index in [0.29, 0.717) is 19.8 Å². The van der Waals surface area contributed by atoms with Gasteiger partial charge in [0.05, 0.1) is 6.61 Å². The number of benzene rings is 1. The molecule has 0 amide bonds. The zero-order valence-electron chi connectivity index (χ0n) is 11.4. The topological polar surface area (TPSA) is 50.7 Å². The van der Waals surface area contributed by atoms with Crippen LogP contribution in [0.25, 0.3) is 0 Å². The van der Waals surface area contributed by atoms with Crippen LogP contribution in [0.2, 0.25) is 0 Å². The summed E-state index contributed by atoms with van der Waals surface area (Å²) in [6.45, 7) is 6.29. The normalized spacial score (nSPS) is 12.4. The second-order valence-corrected chi connectivity index (χ2v) is 4.41. The Bertz CT molecular complexity index is 355. The van der Waals surface area contributed by atoms with Gasteiger partial charge in [0.25, 0.3) is 0 Å². The molecule has 1 atom stereocenters. The van der Waals surface area contributed by atoms with Crippen molar-refractivity contribution in [2.24, 2.45) is 0 Å². The second kappa shape index (κ2) is 8.08. The largest absolute Gasteiger partial charge is 0.491 e. The maximum absolute atomic E-state index is 9.71. The summed E-state index contributed by atoms with van der Waals surface area (Å²) < 4.78 is 10.4. The quantitative estimate of drug-likeness (QED) is 0.685. The van der Waals surface area contributed by atoms with Gasteiger partial charge in [-0.3, -0.25) is 0 Å². The van der Waals surface area contributed by atoms with Crippen molar-refractivity contribution in [3.05, 3.63) is 29.3 Å². The number of ether oxygens (including phenoxy) is 2. The molecule has 1 unspecified atom stereocenters. The van der Waals surface area contributed by atoms with Crippen LogP contribution < -0.4 is 10.1 Å². The van der Waals surface area contributed by atoms with Crippen molar-refractivity contribution >= 4 is 0 Å². The van der Waals surface area contributed by atoms with E-state index in [1.165, 1.54) is 11.1 Å². The van der Waals surface area contributed by atoms with Gasteiger partial charge in [-0.15, -0.1) is 0 Å². The fraction of sp³-hybridized carbons (Fsp3) is 0.571. The standard InChI is InChI=1S/C14H23NO3/c1-11-4-5-14(8-12(11)2)18-10-13(16)9-15-6-7-17-3/h4-5,8,13,15-16H,6-7,9-10H2,1-3H3. The van der Waals surface area contributed by atoms with Gasteiger partial charge in [0.15, 0.2) is 0 Å². The van der Waals surface area contributed by atoms with Crippen molar-refractivity contribution in [1.29, 1.82) is 0 Å². The predicted molar refractivity (Wildman–Crippen MR) is 72.2 cm³/mol. The average molecular weight is 253 g/mol. The third-order valence-corrected chi connectivity index (χ3v) is 2.78. The number of aliphatic hydroxyl groups excluding tert-OH is 1. The monoisotopic (exact) mass is 253 g/mol. The summed E-state index contributed by atoms with van der Waals surface area (Å²) in [7, 11) is 1.65. The minimum atomic E-state index is -0.511. The van der Waals surface area contributed by atoms with E-state index in [4.69, 9.17) is 9.47 Å². The molecule has 0 aliphatic heterocycles. The van der Waals surface area contributed by atoms with Crippen molar-refractivity contribution in [2.75, 3.05) is 33.4 Å². The molecule has 0 aliphatic rings. The van der Waals surface area contributed by atoms with E-state index in [1.54, 1.807) is 7.11 Å². The number of nitrogens with one attached hydrogen (secondary N) is 1. The number of aryl methyl sites for hydroxylation is 2. The first-order valence-corrected chi connectivity index (χ1v) is 6.21. The lowest BCUT2D eigenvalue weighted by Crippen LogP contribution is -2.33. The van der Waals surface area contributed by atoms with Crippen LogP contribution in [0.15, 0.2) is 18.2 Å². The number of aliphatic hydroxyl groups is 1. The van der Waals surface area contributed by atoms with Crippen LogP contribution in [0.1, 0.15) is 11.1 Å². The highest BCUT2D eigenvalue weighted by atomic mass is 16.5. The van der Waals surface area contributed by atoms with E-state index >= 15 is 0 Å². The highest BCUT2D eigenvalue weighted by Crippen LogP contribution is 2.16. The molecule has 0 spiro atoms. The van der Waals surface area contributed by atoms with Crippen molar-refractivity contribution in [3.8, 4) is 5.75 Å². The van der Waals surface area contributed by atoms with Crippen LogP contribution in [-0.4, -0.2) is 44.6 Å². The third kappa shape index (κ3) is 5.49. The highest BCUT2D eigenvalue weighted by Gasteiger charge is 2.05. The van der Waals surface area contributed by atoms with Crippen molar-refractivity contribution < 1.29 is 14.6 Å². The highest BCUT2D eigenvalue weighted by molar-refractivity contribution is 5.33. The van der Waals surface area contributed by atoms with Gasteiger partial charge in [0, 0.05) is 20.2 Å². The molecule has 4 nitrogen and oxygen atoms in total. The molecule has 0 heterocycles. The molecule has 4 heteroatoms. The molecule has 1 rings (SSSR count). The zero-order chi connectivity index (χ0) is 13.4. The summed E-state index contributed by atoms with van der Waals surface area (Å²) in [5, 5.41) is 12.8.